The Bertz CT molecular complexity index is 893. The largest absolute Gasteiger partial charge is 0.322 e. The third kappa shape index (κ3) is 5.33. The van der Waals surface area contributed by atoms with Crippen molar-refractivity contribution in [2.24, 2.45) is 11.8 Å². The van der Waals surface area contributed by atoms with Crippen LogP contribution in [0.3, 0.4) is 0 Å². The molecule has 0 bridgehead atoms. The number of carbonyl (C=O) groups is 1. The van der Waals surface area contributed by atoms with E-state index in [4.69, 9.17) is 0 Å². The highest BCUT2D eigenvalue weighted by Gasteiger charge is 2.33. The minimum absolute atomic E-state index is 0.119. The lowest BCUT2D eigenvalue weighted by Gasteiger charge is -2.40. The van der Waals surface area contributed by atoms with Gasteiger partial charge in [-0.2, -0.15) is 0 Å². The fraction of sp³-hybridized carbons (Fsp3) is 0.536. The molecule has 0 spiro atoms. The van der Waals surface area contributed by atoms with Gasteiger partial charge >= 0.3 is 6.03 Å². The number of hydrogen-bond acceptors (Lipinski definition) is 1. The quantitative estimate of drug-likeness (QED) is 0.514. The highest BCUT2D eigenvalue weighted by molar-refractivity contribution is 5.91. The van der Waals surface area contributed by atoms with Gasteiger partial charge < -0.3 is 10.2 Å². The second-order valence-corrected chi connectivity index (χ2v) is 9.88. The van der Waals surface area contributed by atoms with Crippen molar-refractivity contribution in [3.05, 3.63) is 65.0 Å². The van der Waals surface area contributed by atoms with Gasteiger partial charge in [-0.05, 0) is 68.6 Å². The maximum absolute atomic E-state index is 14.5. The van der Waals surface area contributed by atoms with Crippen LogP contribution in [0.2, 0.25) is 0 Å². The second-order valence-electron chi connectivity index (χ2n) is 9.88. The zero-order valence-corrected chi connectivity index (χ0v) is 19.6. The summed E-state index contributed by atoms with van der Waals surface area (Å²) >= 11 is 0. The van der Waals surface area contributed by atoms with Crippen LogP contribution in [0.15, 0.2) is 42.5 Å². The zero-order chi connectivity index (χ0) is 22.5. The van der Waals surface area contributed by atoms with E-state index in [-0.39, 0.29) is 17.9 Å². The lowest BCUT2D eigenvalue weighted by atomic mass is 9.72. The van der Waals surface area contributed by atoms with Crippen LogP contribution >= 0.6 is 0 Å². The number of nitrogens with zero attached hydrogens (tertiary/aromatic N) is 1. The fourth-order valence-corrected chi connectivity index (χ4v) is 5.86. The van der Waals surface area contributed by atoms with E-state index >= 15 is 0 Å². The Balaban J connectivity index is 1.50. The summed E-state index contributed by atoms with van der Waals surface area (Å²) in [6, 6.07) is 12.9. The molecule has 3 nitrogen and oxygen atoms in total. The third-order valence-corrected chi connectivity index (χ3v) is 7.77. The molecule has 2 aliphatic rings. The molecule has 2 aromatic rings. The number of anilines is 1. The van der Waals surface area contributed by atoms with Gasteiger partial charge in [-0.15, -0.1) is 0 Å². The standard InChI is InChI=1S/C28H37FN2O/c1-20-9-8-10-21(2)27(20)30-28(32)31(19-24-13-6-7-14-26(24)29)25-17-15-23(16-18-25)22-11-4-3-5-12-22/h6-10,13-14,22-23,25H,3-5,11-12,15-19H2,1-2H3,(H,30,32). The molecular weight excluding hydrogens is 399 g/mol. The van der Waals surface area contributed by atoms with Crippen molar-refractivity contribution in [3.8, 4) is 0 Å². The van der Waals surface area contributed by atoms with E-state index in [2.05, 4.69) is 5.32 Å². The first-order chi connectivity index (χ1) is 15.5. The van der Waals surface area contributed by atoms with Gasteiger partial charge in [-0.3, -0.25) is 0 Å². The van der Waals surface area contributed by atoms with Crippen LogP contribution in [0, 0.1) is 31.5 Å². The summed E-state index contributed by atoms with van der Waals surface area (Å²) in [4.78, 5) is 15.4. The van der Waals surface area contributed by atoms with Gasteiger partial charge in [-0.1, -0.05) is 68.5 Å². The number of amides is 2. The summed E-state index contributed by atoms with van der Waals surface area (Å²) in [5.74, 6) is 1.42. The Morgan fingerprint density at radius 3 is 2.16 bits per heavy atom. The van der Waals surface area contributed by atoms with Gasteiger partial charge in [0.25, 0.3) is 0 Å². The molecule has 2 aliphatic carbocycles. The van der Waals surface area contributed by atoms with Crippen LogP contribution in [0.1, 0.15) is 74.5 Å². The maximum atomic E-state index is 14.5. The molecule has 0 aliphatic heterocycles. The number of urea groups is 1. The Labute approximate surface area is 192 Å². The normalized spacial score (nSPS) is 21.8. The van der Waals surface area contributed by atoms with Crippen LogP contribution in [0.25, 0.3) is 0 Å². The molecule has 0 atom stereocenters. The zero-order valence-electron chi connectivity index (χ0n) is 19.6. The average molecular weight is 437 g/mol. The van der Waals surface area contributed by atoms with Crippen LogP contribution in [0.5, 0.6) is 0 Å². The molecule has 0 heterocycles. The molecule has 0 unspecified atom stereocenters. The first kappa shape index (κ1) is 22.8. The molecule has 1 N–H and O–H groups in total. The van der Waals surface area contributed by atoms with Gasteiger partial charge in [0.2, 0.25) is 0 Å². The van der Waals surface area contributed by atoms with Gasteiger partial charge in [-0.25, -0.2) is 9.18 Å². The molecule has 4 heteroatoms. The van der Waals surface area contributed by atoms with E-state index < -0.39 is 0 Å². The first-order valence-corrected chi connectivity index (χ1v) is 12.4. The first-order valence-electron chi connectivity index (χ1n) is 12.4. The van der Waals surface area contributed by atoms with Crippen molar-refractivity contribution >= 4 is 11.7 Å². The van der Waals surface area contributed by atoms with E-state index in [1.807, 2.05) is 43.0 Å². The van der Waals surface area contributed by atoms with Crippen molar-refractivity contribution in [1.82, 2.24) is 4.90 Å². The predicted molar refractivity (Wildman–Crippen MR) is 129 cm³/mol. The van der Waals surface area contributed by atoms with Gasteiger partial charge in [0, 0.05) is 17.3 Å². The molecule has 0 saturated heterocycles. The van der Waals surface area contributed by atoms with Crippen molar-refractivity contribution in [2.45, 2.75) is 84.2 Å². The van der Waals surface area contributed by atoms with E-state index in [0.29, 0.717) is 12.1 Å². The number of para-hydroxylation sites is 1. The number of halogens is 1. The Morgan fingerprint density at radius 2 is 1.50 bits per heavy atom. The number of rotatable bonds is 5. The fourth-order valence-electron chi connectivity index (χ4n) is 5.86. The highest BCUT2D eigenvalue weighted by atomic mass is 19.1. The molecule has 2 saturated carbocycles. The smallest absolute Gasteiger partial charge is 0.317 e. The molecule has 2 aromatic carbocycles. The molecule has 4 rings (SSSR count). The van der Waals surface area contributed by atoms with Crippen molar-refractivity contribution < 1.29 is 9.18 Å². The third-order valence-electron chi connectivity index (χ3n) is 7.77. The van der Waals surface area contributed by atoms with Crippen LogP contribution in [0.4, 0.5) is 14.9 Å². The van der Waals surface area contributed by atoms with Gasteiger partial charge in [0.05, 0.1) is 6.54 Å². The molecule has 172 valence electrons. The summed E-state index contributed by atoms with van der Waals surface area (Å²) in [7, 11) is 0. The molecule has 2 amide bonds. The number of nitrogens with one attached hydrogen (secondary N) is 1. The molecule has 0 radical (unpaired) electrons. The summed E-state index contributed by atoms with van der Waals surface area (Å²) in [5.41, 5.74) is 3.54. The minimum Gasteiger partial charge on any atom is -0.317 e. The summed E-state index contributed by atoms with van der Waals surface area (Å²) in [6.07, 6.45) is 11.3. The van der Waals surface area contributed by atoms with Gasteiger partial charge in [0.15, 0.2) is 0 Å². The lowest BCUT2D eigenvalue weighted by molar-refractivity contribution is 0.120. The van der Waals surface area contributed by atoms with Crippen LogP contribution < -0.4 is 5.32 Å². The maximum Gasteiger partial charge on any atom is 0.322 e. The average Bonchev–Trinajstić information content (AvgIpc) is 2.82. The van der Waals surface area contributed by atoms with E-state index in [1.54, 1.807) is 12.1 Å². The van der Waals surface area contributed by atoms with Crippen LogP contribution in [-0.2, 0) is 6.54 Å². The molecular formula is C28H37FN2O. The second kappa shape index (κ2) is 10.5. The monoisotopic (exact) mass is 436 g/mol. The summed E-state index contributed by atoms with van der Waals surface area (Å²) < 4.78 is 14.5. The Hall–Kier alpha value is -2.36. The minimum atomic E-state index is -0.242. The molecule has 32 heavy (non-hydrogen) atoms. The van der Waals surface area contributed by atoms with E-state index in [9.17, 15) is 9.18 Å². The van der Waals surface area contributed by atoms with E-state index in [1.165, 1.54) is 51.0 Å². The summed E-state index contributed by atoms with van der Waals surface area (Å²) in [5, 5.41) is 3.15. The van der Waals surface area contributed by atoms with E-state index in [0.717, 1.165) is 41.5 Å². The van der Waals surface area contributed by atoms with Gasteiger partial charge in [0.1, 0.15) is 5.82 Å². The number of hydrogen-bond donors (Lipinski definition) is 1. The SMILES string of the molecule is Cc1cccc(C)c1NC(=O)N(Cc1ccccc1F)C1CCC(C2CCCCC2)CC1. The number of carbonyl (C=O) groups excluding carboxylic acids is 1. The molecule has 0 aromatic heterocycles. The molecule has 2 fully saturated rings. The predicted octanol–water partition coefficient (Wildman–Crippen LogP) is 7.62. The Morgan fingerprint density at radius 1 is 0.875 bits per heavy atom. The van der Waals surface area contributed by atoms with Crippen molar-refractivity contribution in [3.63, 3.8) is 0 Å². The topological polar surface area (TPSA) is 32.3 Å². The number of aryl methyl sites for hydroxylation is 2. The summed E-state index contributed by atoms with van der Waals surface area (Å²) in [6.45, 7) is 4.33. The highest BCUT2D eigenvalue weighted by Crippen LogP contribution is 2.39. The Kier molecular flexibility index (Phi) is 7.49. The van der Waals surface area contributed by atoms with Crippen molar-refractivity contribution in [1.29, 1.82) is 0 Å². The van der Waals surface area contributed by atoms with Crippen LogP contribution in [-0.4, -0.2) is 17.0 Å². The van der Waals surface area contributed by atoms with Crippen molar-refractivity contribution in [2.75, 3.05) is 5.32 Å². The lowest BCUT2D eigenvalue weighted by Crippen LogP contribution is -2.45. The number of benzene rings is 2.